The van der Waals surface area contributed by atoms with Crippen LogP contribution in [-0.4, -0.2) is 50.8 Å². The van der Waals surface area contributed by atoms with Crippen LogP contribution in [0.2, 0.25) is 0 Å². The van der Waals surface area contributed by atoms with Crippen molar-refractivity contribution in [3.05, 3.63) is 70.8 Å². The summed E-state index contributed by atoms with van der Waals surface area (Å²) in [5.74, 6) is -0.567. The van der Waals surface area contributed by atoms with Crippen LogP contribution in [0.15, 0.2) is 42.5 Å². The maximum atomic E-state index is 14.1. The van der Waals surface area contributed by atoms with E-state index in [1.807, 2.05) is 12.1 Å². The average Bonchev–Trinajstić information content (AvgIpc) is 3.26. The molecule has 1 aliphatic carbocycles. The zero-order chi connectivity index (χ0) is 21.1. The predicted octanol–water partition coefficient (Wildman–Crippen LogP) is 3.01. The van der Waals surface area contributed by atoms with Crippen LogP contribution in [0.1, 0.15) is 28.7 Å². The summed E-state index contributed by atoms with van der Waals surface area (Å²) in [7, 11) is 1.58. The van der Waals surface area contributed by atoms with Gasteiger partial charge < -0.3 is 14.8 Å². The summed E-state index contributed by atoms with van der Waals surface area (Å²) in [4.78, 5) is 14.6. The van der Waals surface area contributed by atoms with Gasteiger partial charge in [-0.15, -0.1) is 0 Å². The molecule has 7 heteroatoms. The summed E-state index contributed by atoms with van der Waals surface area (Å²) in [6.45, 7) is 2.58. The molecule has 1 amide bonds. The van der Waals surface area contributed by atoms with E-state index in [9.17, 15) is 13.6 Å². The molecule has 1 heterocycles. The molecule has 1 saturated heterocycles. The topological polar surface area (TPSA) is 50.8 Å². The Balaban J connectivity index is 1.46. The number of benzene rings is 2. The Kier molecular flexibility index (Phi) is 6.41. The van der Waals surface area contributed by atoms with E-state index >= 15 is 0 Å². The first-order valence-electron chi connectivity index (χ1n) is 10.2. The van der Waals surface area contributed by atoms with Gasteiger partial charge in [0.05, 0.1) is 19.3 Å². The van der Waals surface area contributed by atoms with Crippen molar-refractivity contribution < 1.29 is 23.0 Å². The Morgan fingerprint density at radius 1 is 1.13 bits per heavy atom. The fraction of sp³-hybridized carbons (Fsp3) is 0.435. The molecule has 0 saturated carbocycles. The predicted molar refractivity (Wildman–Crippen MR) is 108 cm³/mol. The molecule has 3 atom stereocenters. The van der Waals surface area contributed by atoms with Gasteiger partial charge in [0.25, 0.3) is 0 Å². The second kappa shape index (κ2) is 9.20. The van der Waals surface area contributed by atoms with E-state index in [2.05, 4.69) is 22.3 Å². The third kappa shape index (κ3) is 4.38. The summed E-state index contributed by atoms with van der Waals surface area (Å²) >= 11 is 0. The number of rotatable bonds is 8. The minimum atomic E-state index is -0.435. The molecule has 2 aromatic carbocycles. The Morgan fingerprint density at radius 2 is 1.93 bits per heavy atom. The molecule has 2 aliphatic rings. The van der Waals surface area contributed by atoms with E-state index in [1.165, 1.54) is 17.7 Å². The van der Waals surface area contributed by atoms with Crippen LogP contribution in [0, 0.1) is 17.6 Å². The highest BCUT2D eigenvalue weighted by Crippen LogP contribution is 2.49. The fourth-order valence-electron chi connectivity index (χ4n) is 4.68. The molecule has 30 heavy (non-hydrogen) atoms. The van der Waals surface area contributed by atoms with Crippen molar-refractivity contribution in [1.82, 2.24) is 10.2 Å². The number of carbonyl (C=O) groups is 1. The average molecular weight is 416 g/mol. The zero-order valence-electron chi connectivity index (χ0n) is 16.9. The monoisotopic (exact) mass is 416 g/mol. The summed E-state index contributed by atoms with van der Waals surface area (Å²) in [5, 5.41) is 3.12. The third-order valence-electron chi connectivity index (χ3n) is 5.98. The Hall–Kier alpha value is -2.35. The summed E-state index contributed by atoms with van der Waals surface area (Å²) in [5.41, 5.74) is 2.71. The minimum absolute atomic E-state index is 0.0162. The fourth-order valence-corrected chi connectivity index (χ4v) is 4.68. The van der Waals surface area contributed by atoms with Gasteiger partial charge in [-0.3, -0.25) is 9.69 Å². The number of carbonyl (C=O) groups excluding carboxylic acids is 1. The lowest BCUT2D eigenvalue weighted by molar-refractivity contribution is -0.127. The zero-order valence-corrected chi connectivity index (χ0v) is 16.9. The first-order valence-corrected chi connectivity index (χ1v) is 10.2. The summed E-state index contributed by atoms with van der Waals surface area (Å²) < 4.78 is 37.9. The van der Waals surface area contributed by atoms with Gasteiger partial charge in [0, 0.05) is 44.1 Å². The number of halogens is 2. The molecule has 5 nitrogen and oxygen atoms in total. The minimum Gasteiger partial charge on any atom is -0.382 e. The van der Waals surface area contributed by atoms with Crippen LogP contribution in [0.3, 0.4) is 0 Å². The number of nitrogens with zero attached hydrogens (tertiary/aromatic N) is 1. The van der Waals surface area contributed by atoms with Crippen molar-refractivity contribution in [2.45, 2.75) is 18.5 Å². The Bertz CT molecular complexity index is 908. The van der Waals surface area contributed by atoms with E-state index in [0.717, 1.165) is 18.2 Å². The van der Waals surface area contributed by atoms with Crippen molar-refractivity contribution in [1.29, 1.82) is 0 Å². The van der Waals surface area contributed by atoms with Gasteiger partial charge in [-0.25, -0.2) is 8.78 Å². The quantitative estimate of drug-likeness (QED) is 0.673. The van der Waals surface area contributed by atoms with E-state index in [4.69, 9.17) is 9.47 Å². The molecular weight excluding hydrogens is 390 g/mol. The molecule has 0 aromatic heterocycles. The first kappa shape index (κ1) is 20.9. The lowest BCUT2D eigenvalue weighted by atomic mass is 9.94. The van der Waals surface area contributed by atoms with Gasteiger partial charge in [-0.2, -0.15) is 0 Å². The van der Waals surface area contributed by atoms with Crippen LogP contribution < -0.4 is 5.32 Å². The number of hydrogen-bond donors (Lipinski definition) is 1. The largest absolute Gasteiger partial charge is 0.382 e. The van der Waals surface area contributed by atoms with Crippen molar-refractivity contribution in [2.24, 2.45) is 5.92 Å². The highest BCUT2D eigenvalue weighted by atomic mass is 19.1. The van der Waals surface area contributed by atoms with E-state index in [0.29, 0.717) is 31.9 Å². The molecule has 0 unspecified atom stereocenters. The molecule has 0 spiro atoms. The standard InChI is InChI=1S/C23H26F2N2O3/c1-29-8-9-30-14-22(28)26-23-18-5-3-2-4-17(18)19-12-27(13-20(19)23)11-15-10-16(24)6-7-21(15)25/h2-7,10,19-20,23H,8-9,11-14H2,1H3,(H,26,28)/t19-,20-,23+/m0/s1. The maximum absolute atomic E-state index is 14.1. The van der Waals surface area contributed by atoms with Crippen molar-refractivity contribution >= 4 is 5.91 Å². The highest BCUT2D eigenvalue weighted by molar-refractivity contribution is 5.78. The molecular formula is C23H26F2N2O3. The van der Waals surface area contributed by atoms with Gasteiger partial charge in [-0.1, -0.05) is 24.3 Å². The highest BCUT2D eigenvalue weighted by Gasteiger charge is 2.46. The lowest BCUT2D eigenvalue weighted by Gasteiger charge is -2.23. The number of hydrogen-bond acceptors (Lipinski definition) is 4. The van der Waals surface area contributed by atoms with Gasteiger partial charge >= 0.3 is 0 Å². The lowest BCUT2D eigenvalue weighted by Crippen LogP contribution is -2.36. The summed E-state index contributed by atoms with van der Waals surface area (Å²) in [6, 6.07) is 11.6. The van der Waals surface area contributed by atoms with Crippen LogP contribution in [0.4, 0.5) is 8.78 Å². The molecule has 4 rings (SSSR count). The third-order valence-corrected chi connectivity index (χ3v) is 5.98. The number of methoxy groups -OCH3 is 1. The molecule has 1 aliphatic heterocycles. The number of likely N-dealkylation sites (tertiary alicyclic amines) is 1. The summed E-state index contributed by atoms with van der Waals surface area (Å²) in [6.07, 6.45) is 0. The van der Waals surface area contributed by atoms with E-state index < -0.39 is 11.6 Å². The van der Waals surface area contributed by atoms with Crippen molar-refractivity contribution in [3.8, 4) is 0 Å². The second-order valence-corrected chi connectivity index (χ2v) is 7.92. The second-order valence-electron chi connectivity index (χ2n) is 7.92. The van der Waals surface area contributed by atoms with Crippen LogP contribution >= 0.6 is 0 Å². The smallest absolute Gasteiger partial charge is 0.246 e. The number of ether oxygens (including phenoxy) is 2. The van der Waals surface area contributed by atoms with Gasteiger partial charge in [-0.05, 0) is 29.3 Å². The number of nitrogens with one attached hydrogen (secondary N) is 1. The van der Waals surface area contributed by atoms with Crippen LogP contribution in [0.5, 0.6) is 0 Å². The van der Waals surface area contributed by atoms with Crippen LogP contribution in [0.25, 0.3) is 0 Å². The van der Waals surface area contributed by atoms with Gasteiger partial charge in [0.2, 0.25) is 5.91 Å². The molecule has 1 N–H and O–H groups in total. The normalized spacial score (nSPS) is 22.7. The molecule has 1 fully saturated rings. The molecule has 160 valence electrons. The number of amides is 1. The molecule has 2 aromatic rings. The van der Waals surface area contributed by atoms with Crippen molar-refractivity contribution in [2.75, 3.05) is 40.0 Å². The maximum Gasteiger partial charge on any atom is 0.246 e. The molecule has 0 bridgehead atoms. The van der Waals surface area contributed by atoms with Gasteiger partial charge in [0.1, 0.15) is 18.2 Å². The van der Waals surface area contributed by atoms with Crippen LogP contribution in [-0.2, 0) is 20.8 Å². The van der Waals surface area contributed by atoms with Crippen molar-refractivity contribution in [3.63, 3.8) is 0 Å². The van der Waals surface area contributed by atoms with E-state index in [-0.39, 0.29) is 30.4 Å². The first-order chi connectivity index (χ1) is 14.6. The number of fused-ring (bicyclic) bond motifs is 3. The van der Waals surface area contributed by atoms with E-state index in [1.54, 1.807) is 7.11 Å². The van der Waals surface area contributed by atoms with Gasteiger partial charge in [0.15, 0.2) is 0 Å². The molecule has 0 radical (unpaired) electrons. The Labute approximate surface area is 175 Å². The Morgan fingerprint density at radius 3 is 2.73 bits per heavy atom. The SMILES string of the molecule is COCCOCC(=O)N[C@@H]1c2ccccc2[C@@H]2CN(Cc3cc(F)ccc3F)C[C@H]12.